The van der Waals surface area contributed by atoms with E-state index in [1.807, 2.05) is 17.9 Å². The summed E-state index contributed by atoms with van der Waals surface area (Å²) in [4.78, 5) is 0. The highest BCUT2D eigenvalue weighted by molar-refractivity contribution is 5.06. The van der Waals surface area contributed by atoms with E-state index < -0.39 is 0 Å². The Kier molecular flexibility index (Phi) is 2.36. The lowest BCUT2D eigenvalue weighted by molar-refractivity contribution is 0.478. The fourth-order valence-electron chi connectivity index (χ4n) is 2.20. The van der Waals surface area contributed by atoms with E-state index >= 15 is 0 Å². The normalized spacial score (nSPS) is 28.2. The third-order valence-corrected chi connectivity index (χ3v) is 2.97. The molecule has 1 aromatic rings. The van der Waals surface area contributed by atoms with Crippen molar-refractivity contribution >= 4 is 0 Å². The van der Waals surface area contributed by atoms with Gasteiger partial charge >= 0.3 is 0 Å². The van der Waals surface area contributed by atoms with Crippen molar-refractivity contribution < 1.29 is 0 Å². The number of nitrogens with zero attached hydrogens (tertiary/aromatic N) is 2. The Bertz CT molecular complexity index is 279. The molecule has 2 atom stereocenters. The summed E-state index contributed by atoms with van der Waals surface area (Å²) in [6.07, 6.45) is 8.93. The first kappa shape index (κ1) is 8.75. The second kappa shape index (κ2) is 3.50. The highest BCUT2D eigenvalue weighted by Crippen LogP contribution is 2.26. The van der Waals surface area contributed by atoms with Crippen LogP contribution >= 0.6 is 0 Å². The predicted molar refractivity (Wildman–Crippen MR) is 52.2 cm³/mol. The van der Waals surface area contributed by atoms with Gasteiger partial charge in [0.25, 0.3) is 0 Å². The Morgan fingerprint density at radius 1 is 1.62 bits per heavy atom. The smallest absolute Gasteiger partial charge is 0.0521 e. The fourth-order valence-corrected chi connectivity index (χ4v) is 2.20. The van der Waals surface area contributed by atoms with Gasteiger partial charge in [-0.3, -0.25) is 4.68 Å². The Morgan fingerprint density at radius 3 is 3.00 bits per heavy atom. The number of nitrogens with two attached hydrogens (primary N) is 1. The molecule has 13 heavy (non-hydrogen) atoms. The van der Waals surface area contributed by atoms with Gasteiger partial charge in [0.2, 0.25) is 0 Å². The molecule has 0 aromatic carbocycles. The van der Waals surface area contributed by atoms with Crippen LogP contribution in [0, 0.1) is 5.92 Å². The second-order valence-electron chi connectivity index (χ2n) is 4.08. The van der Waals surface area contributed by atoms with Crippen molar-refractivity contribution in [2.75, 3.05) is 0 Å². The number of rotatable bonds is 2. The molecular formula is C10H17N3. The van der Waals surface area contributed by atoms with Crippen molar-refractivity contribution in [1.29, 1.82) is 0 Å². The maximum absolute atomic E-state index is 6.01. The van der Waals surface area contributed by atoms with E-state index in [4.69, 9.17) is 5.73 Å². The van der Waals surface area contributed by atoms with Gasteiger partial charge < -0.3 is 5.73 Å². The van der Waals surface area contributed by atoms with Crippen LogP contribution in [0.3, 0.4) is 0 Å². The van der Waals surface area contributed by atoms with E-state index in [1.54, 1.807) is 0 Å². The number of aryl methyl sites for hydroxylation is 1. The molecule has 0 radical (unpaired) electrons. The monoisotopic (exact) mass is 179 g/mol. The van der Waals surface area contributed by atoms with Gasteiger partial charge in [-0.2, -0.15) is 5.10 Å². The average Bonchev–Trinajstić information content (AvgIpc) is 2.64. The van der Waals surface area contributed by atoms with Crippen LogP contribution in [0.1, 0.15) is 24.8 Å². The van der Waals surface area contributed by atoms with E-state index in [0.29, 0.717) is 12.0 Å². The summed E-state index contributed by atoms with van der Waals surface area (Å²) in [6.45, 7) is 0. The maximum Gasteiger partial charge on any atom is 0.0521 e. The molecule has 0 saturated heterocycles. The highest BCUT2D eigenvalue weighted by atomic mass is 15.2. The lowest BCUT2D eigenvalue weighted by Crippen LogP contribution is -2.25. The first-order chi connectivity index (χ1) is 6.25. The molecule has 3 heteroatoms. The van der Waals surface area contributed by atoms with Gasteiger partial charge in [-0.25, -0.2) is 0 Å². The summed E-state index contributed by atoms with van der Waals surface area (Å²) >= 11 is 0. The van der Waals surface area contributed by atoms with Crippen molar-refractivity contribution in [3.63, 3.8) is 0 Å². The summed E-state index contributed by atoms with van der Waals surface area (Å²) in [5.74, 6) is 0.684. The zero-order chi connectivity index (χ0) is 9.26. The molecule has 1 aliphatic rings. The van der Waals surface area contributed by atoms with E-state index in [-0.39, 0.29) is 0 Å². The zero-order valence-corrected chi connectivity index (χ0v) is 8.11. The Balaban J connectivity index is 1.97. The molecule has 1 saturated carbocycles. The molecule has 0 unspecified atom stereocenters. The lowest BCUT2D eigenvalue weighted by atomic mass is 9.97. The molecule has 1 aliphatic carbocycles. The van der Waals surface area contributed by atoms with Crippen molar-refractivity contribution in [2.24, 2.45) is 18.7 Å². The Hall–Kier alpha value is -0.830. The average molecular weight is 179 g/mol. The van der Waals surface area contributed by atoms with Crippen molar-refractivity contribution in [3.05, 3.63) is 18.0 Å². The number of hydrogen-bond donors (Lipinski definition) is 1. The predicted octanol–water partition coefficient (Wildman–Crippen LogP) is 1.09. The van der Waals surface area contributed by atoms with Crippen LogP contribution < -0.4 is 5.73 Å². The molecule has 0 amide bonds. The van der Waals surface area contributed by atoms with Crippen LogP contribution in [0.2, 0.25) is 0 Å². The molecule has 0 aliphatic heterocycles. The van der Waals surface area contributed by atoms with Crippen LogP contribution in [0.4, 0.5) is 0 Å². The van der Waals surface area contributed by atoms with Gasteiger partial charge in [0, 0.05) is 19.3 Å². The van der Waals surface area contributed by atoms with Gasteiger partial charge in [-0.15, -0.1) is 0 Å². The molecule has 1 heterocycles. The summed E-state index contributed by atoms with van der Waals surface area (Å²) in [7, 11) is 1.96. The lowest BCUT2D eigenvalue weighted by Gasteiger charge is -2.13. The SMILES string of the molecule is Cn1cc(C[C@@H]2CCC[C@H]2N)cn1. The standard InChI is InChI=1S/C10H17N3/c1-13-7-8(6-12-13)5-9-3-2-4-10(9)11/h6-7,9-10H,2-5,11H2,1H3/t9-,10+/m0/s1. The molecule has 2 rings (SSSR count). The van der Waals surface area contributed by atoms with Crippen LogP contribution in [0.5, 0.6) is 0 Å². The van der Waals surface area contributed by atoms with Crippen LogP contribution in [-0.4, -0.2) is 15.8 Å². The fraction of sp³-hybridized carbons (Fsp3) is 0.700. The minimum atomic E-state index is 0.417. The second-order valence-corrected chi connectivity index (χ2v) is 4.08. The minimum absolute atomic E-state index is 0.417. The molecule has 0 spiro atoms. The van der Waals surface area contributed by atoms with E-state index in [0.717, 1.165) is 6.42 Å². The molecule has 1 fully saturated rings. The van der Waals surface area contributed by atoms with Crippen LogP contribution in [0.15, 0.2) is 12.4 Å². The van der Waals surface area contributed by atoms with Crippen LogP contribution in [-0.2, 0) is 13.5 Å². The summed E-state index contributed by atoms with van der Waals surface area (Å²) in [5, 5.41) is 4.16. The third kappa shape index (κ3) is 1.91. The first-order valence-electron chi connectivity index (χ1n) is 4.99. The van der Waals surface area contributed by atoms with Gasteiger partial charge in [-0.05, 0) is 30.7 Å². The van der Waals surface area contributed by atoms with E-state index in [9.17, 15) is 0 Å². The molecule has 72 valence electrons. The first-order valence-corrected chi connectivity index (χ1v) is 4.99. The molecule has 3 nitrogen and oxygen atoms in total. The molecule has 2 N–H and O–H groups in total. The minimum Gasteiger partial charge on any atom is -0.327 e. The Morgan fingerprint density at radius 2 is 2.46 bits per heavy atom. The summed E-state index contributed by atoms with van der Waals surface area (Å²) in [5.41, 5.74) is 7.33. The third-order valence-electron chi connectivity index (χ3n) is 2.97. The van der Waals surface area contributed by atoms with E-state index in [2.05, 4.69) is 11.3 Å². The van der Waals surface area contributed by atoms with Gasteiger partial charge in [0.15, 0.2) is 0 Å². The molecule has 1 aromatic heterocycles. The van der Waals surface area contributed by atoms with Crippen molar-refractivity contribution in [1.82, 2.24) is 9.78 Å². The van der Waals surface area contributed by atoms with Crippen molar-refractivity contribution in [3.8, 4) is 0 Å². The number of aromatic nitrogens is 2. The summed E-state index contributed by atoms with van der Waals surface area (Å²) < 4.78 is 1.86. The Labute approximate surface area is 78.9 Å². The van der Waals surface area contributed by atoms with Crippen LogP contribution in [0.25, 0.3) is 0 Å². The van der Waals surface area contributed by atoms with Gasteiger partial charge in [0.05, 0.1) is 6.20 Å². The topological polar surface area (TPSA) is 43.8 Å². The van der Waals surface area contributed by atoms with E-state index in [1.165, 1.54) is 24.8 Å². The quantitative estimate of drug-likeness (QED) is 0.738. The van der Waals surface area contributed by atoms with Gasteiger partial charge in [-0.1, -0.05) is 6.42 Å². The summed E-state index contributed by atoms with van der Waals surface area (Å²) in [6, 6.07) is 0.417. The molecular weight excluding hydrogens is 162 g/mol. The zero-order valence-electron chi connectivity index (χ0n) is 8.11. The molecule has 0 bridgehead atoms. The van der Waals surface area contributed by atoms with Crippen molar-refractivity contribution in [2.45, 2.75) is 31.7 Å². The highest BCUT2D eigenvalue weighted by Gasteiger charge is 2.24. The number of hydrogen-bond acceptors (Lipinski definition) is 2. The largest absolute Gasteiger partial charge is 0.327 e. The maximum atomic E-state index is 6.01. The van der Waals surface area contributed by atoms with Gasteiger partial charge in [0.1, 0.15) is 0 Å².